The van der Waals surface area contributed by atoms with Gasteiger partial charge in [0.25, 0.3) is 0 Å². The van der Waals surface area contributed by atoms with E-state index in [2.05, 4.69) is 10.6 Å². The van der Waals surface area contributed by atoms with Gasteiger partial charge in [-0.05, 0) is 24.4 Å². The van der Waals surface area contributed by atoms with Gasteiger partial charge >= 0.3 is 5.16 Å². The average Bonchev–Trinajstić information content (AvgIpc) is 2.71. The van der Waals surface area contributed by atoms with E-state index in [0.29, 0.717) is 6.54 Å². The lowest BCUT2D eigenvalue weighted by atomic mass is 10.2. The first-order chi connectivity index (χ1) is 7.15. The second-order valence-corrected chi connectivity index (χ2v) is 3.55. The van der Waals surface area contributed by atoms with E-state index in [0.717, 1.165) is 19.4 Å². The van der Waals surface area contributed by atoms with Gasteiger partial charge in [0.05, 0.1) is 11.0 Å². The number of nitro groups is 1. The highest BCUT2D eigenvalue weighted by Crippen LogP contribution is 2.12. The van der Waals surface area contributed by atoms with Crippen LogP contribution in [0.15, 0.2) is 11.0 Å². The quantitative estimate of drug-likeness (QED) is 0.415. The van der Waals surface area contributed by atoms with Crippen LogP contribution in [0.5, 0.6) is 0 Å². The summed E-state index contributed by atoms with van der Waals surface area (Å²) in [6.45, 7) is 1.29. The van der Waals surface area contributed by atoms with Crippen molar-refractivity contribution in [3.63, 3.8) is 0 Å². The summed E-state index contributed by atoms with van der Waals surface area (Å²) in [5, 5.41) is 15.5. The molecule has 15 heavy (non-hydrogen) atoms. The summed E-state index contributed by atoms with van der Waals surface area (Å²) in [7, 11) is 1.57. The van der Waals surface area contributed by atoms with Crippen molar-refractivity contribution in [3.8, 4) is 0 Å². The molecule has 1 atom stereocenters. The highest BCUT2D eigenvalue weighted by atomic mass is 35.5. The topological polar surface area (TPSA) is 76.4 Å². The van der Waals surface area contributed by atoms with Crippen LogP contribution < -0.4 is 10.6 Å². The van der Waals surface area contributed by atoms with Gasteiger partial charge in [-0.25, -0.2) is 0 Å². The molecule has 7 heteroatoms. The SMILES string of the molecule is CNC(NCC1CCCO1)=C(Cl)[N+](=O)[O-]. The molecule has 0 saturated carbocycles. The summed E-state index contributed by atoms with van der Waals surface area (Å²) in [6.07, 6.45) is 2.12. The summed E-state index contributed by atoms with van der Waals surface area (Å²) in [5.41, 5.74) is 0. The van der Waals surface area contributed by atoms with Crippen LogP contribution in [-0.2, 0) is 4.74 Å². The maximum atomic E-state index is 10.4. The fourth-order valence-electron chi connectivity index (χ4n) is 1.38. The zero-order valence-corrected chi connectivity index (χ0v) is 9.21. The molecular formula is C8H14ClN3O3. The third kappa shape index (κ3) is 3.56. The normalized spacial score (nSPS) is 22.1. The van der Waals surface area contributed by atoms with Crippen LogP contribution in [0.3, 0.4) is 0 Å². The van der Waals surface area contributed by atoms with E-state index in [4.69, 9.17) is 16.3 Å². The first kappa shape index (κ1) is 12.1. The molecule has 6 nitrogen and oxygen atoms in total. The number of ether oxygens (including phenoxy) is 1. The molecule has 0 radical (unpaired) electrons. The third-order valence-corrected chi connectivity index (χ3v) is 2.47. The van der Waals surface area contributed by atoms with Crippen LogP contribution >= 0.6 is 11.6 Å². The zero-order chi connectivity index (χ0) is 11.3. The third-order valence-electron chi connectivity index (χ3n) is 2.15. The van der Waals surface area contributed by atoms with Gasteiger partial charge in [0, 0.05) is 20.2 Å². The van der Waals surface area contributed by atoms with E-state index in [1.165, 1.54) is 0 Å². The fraction of sp³-hybridized carbons (Fsp3) is 0.750. The second-order valence-electron chi connectivity index (χ2n) is 3.19. The van der Waals surface area contributed by atoms with E-state index >= 15 is 0 Å². The van der Waals surface area contributed by atoms with Gasteiger partial charge in [0.1, 0.15) is 0 Å². The van der Waals surface area contributed by atoms with Gasteiger partial charge in [0.15, 0.2) is 5.82 Å². The molecule has 1 unspecified atom stereocenters. The molecule has 0 spiro atoms. The van der Waals surface area contributed by atoms with Gasteiger partial charge in [-0.15, -0.1) is 0 Å². The largest absolute Gasteiger partial charge is 0.377 e. The number of hydrogen-bond donors (Lipinski definition) is 2. The fourth-order valence-corrected chi connectivity index (χ4v) is 1.54. The van der Waals surface area contributed by atoms with E-state index < -0.39 is 10.1 Å². The minimum Gasteiger partial charge on any atom is -0.376 e. The summed E-state index contributed by atoms with van der Waals surface area (Å²) >= 11 is 5.48. The van der Waals surface area contributed by atoms with Crippen LogP contribution in [-0.4, -0.2) is 31.2 Å². The van der Waals surface area contributed by atoms with Crippen molar-refractivity contribution >= 4 is 11.6 Å². The maximum Gasteiger partial charge on any atom is 0.377 e. The molecule has 0 aromatic heterocycles. The highest BCUT2D eigenvalue weighted by molar-refractivity contribution is 6.28. The Morgan fingerprint density at radius 2 is 2.47 bits per heavy atom. The van der Waals surface area contributed by atoms with E-state index in [-0.39, 0.29) is 11.9 Å². The van der Waals surface area contributed by atoms with Gasteiger partial charge < -0.3 is 15.4 Å². The number of halogens is 1. The Balaban J connectivity index is 2.46. The lowest BCUT2D eigenvalue weighted by Gasteiger charge is -2.13. The predicted octanol–water partition coefficient (Wildman–Crippen LogP) is 0.616. The standard InChI is InChI=1S/C8H14ClN3O3/c1-10-8(7(9)12(13)14)11-5-6-3-2-4-15-6/h6,10-11H,2-5H2,1H3. The summed E-state index contributed by atoms with van der Waals surface area (Å²) in [4.78, 5) is 9.76. The molecule has 0 bridgehead atoms. The molecule has 0 aliphatic carbocycles. The zero-order valence-electron chi connectivity index (χ0n) is 8.46. The smallest absolute Gasteiger partial charge is 0.376 e. The monoisotopic (exact) mass is 235 g/mol. The van der Waals surface area contributed by atoms with Crippen LogP contribution in [0.25, 0.3) is 0 Å². The van der Waals surface area contributed by atoms with Crippen molar-refractivity contribution in [3.05, 3.63) is 21.1 Å². The molecule has 1 aliphatic heterocycles. The van der Waals surface area contributed by atoms with Gasteiger partial charge in [0.2, 0.25) is 0 Å². The van der Waals surface area contributed by atoms with E-state index in [9.17, 15) is 10.1 Å². The molecule has 1 heterocycles. The van der Waals surface area contributed by atoms with Gasteiger partial charge in [-0.3, -0.25) is 10.1 Å². The minimum atomic E-state index is -0.643. The van der Waals surface area contributed by atoms with E-state index in [1.54, 1.807) is 7.05 Å². The summed E-state index contributed by atoms with van der Waals surface area (Å²) in [5.74, 6) is 0.220. The molecule has 0 aromatic carbocycles. The summed E-state index contributed by atoms with van der Waals surface area (Å²) in [6, 6.07) is 0. The number of nitrogens with one attached hydrogen (secondary N) is 2. The first-order valence-corrected chi connectivity index (χ1v) is 5.10. The molecule has 86 valence electrons. The summed E-state index contributed by atoms with van der Waals surface area (Å²) < 4.78 is 5.36. The molecule has 1 aliphatic rings. The molecular weight excluding hydrogens is 222 g/mol. The van der Waals surface area contributed by atoms with Crippen LogP contribution in [0.1, 0.15) is 12.8 Å². The number of rotatable bonds is 5. The van der Waals surface area contributed by atoms with Crippen molar-refractivity contribution in [1.29, 1.82) is 0 Å². The highest BCUT2D eigenvalue weighted by Gasteiger charge is 2.18. The second kappa shape index (κ2) is 5.77. The Hall–Kier alpha value is -1.01. The van der Waals surface area contributed by atoms with Crippen molar-refractivity contribution < 1.29 is 9.66 Å². The Morgan fingerprint density at radius 1 is 1.73 bits per heavy atom. The minimum absolute atomic E-state index is 0.115. The van der Waals surface area contributed by atoms with E-state index in [1.807, 2.05) is 0 Å². The van der Waals surface area contributed by atoms with Gasteiger partial charge in [-0.1, -0.05) is 0 Å². The van der Waals surface area contributed by atoms with Crippen molar-refractivity contribution in [2.45, 2.75) is 18.9 Å². The molecule has 0 aromatic rings. The van der Waals surface area contributed by atoms with Crippen molar-refractivity contribution in [1.82, 2.24) is 10.6 Å². The molecule has 0 amide bonds. The van der Waals surface area contributed by atoms with Crippen LogP contribution in [0.2, 0.25) is 0 Å². The Bertz CT molecular complexity index is 264. The maximum absolute atomic E-state index is 10.4. The Morgan fingerprint density at radius 3 is 2.93 bits per heavy atom. The van der Waals surface area contributed by atoms with Gasteiger partial charge in [-0.2, -0.15) is 0 Å². The van der Waals surface area contributed by atoms with Crippen LogP contribution in [0.4, 0.5) is 0 Å². The average molecular weight is 236 g/mol. The predicted molar refractivity (Wildman–Crippen MR) is 55.9 cm³/mol. The Labute approximate surface area is 92.8 Å². The molecule has 1 rings (SSSR count). The Kier molecular flexibility index (Phi) is 4.64. The lowest BCUT2D eigenvalue weighted by molar-refractivity contribution is -0.414. The van der Waals surface area contributed by atoms with Crippen molar-refractivity contribution in [2.75, 3.05) is 20.2 Å². The first-order valence-electron chi connectivity index (χ1n) is 4.72. The number of nitrogens with zero attached hydrogens (tertiary/aromatic N) is 1. The lowest BCUT2D eigenvalue weighted by Crippen LogP contribution is -2.32. The van der Waals surface area contributed by atoms with Crippen molar-refractivity contribution in [2.24, 2.45) is 0 Å². The molecule has 2 N–H and O–H groups in total. The number of hydrogen-bond acceptors (Lipinski definition) is 5. The molecule has 1 saturated heterocycles. The van der Waals surface area contributed by atoms with Crippen LogP contribution in [0, 0.1) is 10.1 Å². The molecule has 1 fully saturated rings.